The molecule has 0 bridgehead atoms. The first-order valence-electron chi connectivity index (χ1n) is 9.83. The maximum absolute atomic E-state index is 13.4. The van der Waals surface area contributed by atoms with E-state index in [1.165, 1.54) is 17.8 Å². The van der Waals surface area contributed by atoms with Gasteiger partial charge in [-0.05, 0) is 43.0 Å². The molecule has 2 aliphatic rings. The molecule has 1 fully saturated rings. The van der Waals surface area contributed by atoms with Crippen molar-refractivity contribution in [2.75, 3.05) is 19.7 Å². The number of nitrogens with zero attached hydrogens (tertiary/aromatic N) is 4. The second kappa shape index (κ2) is 7.08. The lowest BCUT2D eigenvalue weighted by atomic mass is 9.83. The molecule has 29 heavy (non-hydrogen) atoms. The van der Waals surface area contributed by atoms with Gasteiger partial charge in [0, 0.05) is 25.5 Å². The number of benzene rings is 1. The maximum atomic E-state index is 13.4. The number of rotatable bonds is 2. The van der Waals surface area contributed by atoms with Crippen LogP contribution in [0.2, 0.25) is 0 Å². The Labute approximate surface area is 167 Å². The van der Waals surface area contributed by atoms with Crippen LogP contribution in [0.1, 0.15) is 34.5 Å². The molecule has 7 heteroatoms. The Bertz CT molecular complexity index is 1040. The number of para-hydroxylation sites is 1. The first-order chi connectivity index (χ1) is 14.1. The van der Waals surface area contributed by atoms with Gasteiger partial charge < -0.3 is 9.64 Å². The maximum Gasteiger partial charge on any atom is 0.255 e. The van der Waals surface area contributed by atoms with E-state index in [-0.39, 0.29) is 11.5 Å². The topological polar surface area (TPSA) is 60.3 Å². The van der Waals surface area contributed by atoms with Crippen molar-refractivity contribution in [3.63, 3.8) is 0 Å². The number of piperidine rings is 1. The fraction of sp³-hybridized carbons (Fsp3) is 0.318. The summed E-state index contributed by atoms with van der Waals surface area (Å²) < 4.78 is 21.6. The van der Waals surface area contributed by atoms with Crippen LogP contribution in [-0.2, 0) is 16.8 Å². The molecule has 0 aliphatic carbocycles. The lowest BCUT2D eigenvalue weighted by molar-refractivity contribution is -0.0963. The van der Waals surface area contributed by atoms with Gasteiger partial charge >= 0.3 is 0 Å². The van der Waals surface area contributed by atoms with Crippen LogP contribution in [-0.4, -0.2) is 45.3 Å². The van der Waals surface area contributed by atoms with Crippen LogP contribution < -0.4 is 0 Å². The van der Waals surface area contributed by atoms with Crippen LogP contribution in [0.3, 0.4) is 0 Å². The van der Waals surface area contributed by atoms with Gasteiger partial charge in [-0.25, -0.2) is 9.07 Å². The summed E-state index contributed by atoms with van der Waals surface area (Å²) in [6, 6.07) is 11.3. The molecular formula is C22H21FN4O2. The number of pyridine rings is 1. The molecule has 5 rings (SSSR count). The molecule has 0 N–H and O–H groups in total. The minimum Gasteiger partial charge on any atom is -0.368 e. The van der Waals surface area contributed by atoms with E-state index in [1.54, 1.807) is 4.90 Å². The number of carbonyl (C=O) groups excluding carboxylic acids is 1. The standard InChI is InChI=1S/C22H21FN4O2/c23-18-12-17(13-24-14-18)21(28)26-9-7-22(8-10-26)20-16(6-11-29-22)15-27(25-20)19-4-2-1-3-5-19/h1-5,12-15H,6-11H2. The number of aromatic nitrogens is 3. The zero-order valence-corrected chi connectivity index (χ0v) is 15.9. The van der Waals surface area contributed by atoms with Crippen molar-refractivity contribution in [3.05, 3.63) is 77.6 Å². The average Bonchev–Trinajstić information content (AvgIpc) is 3.21. The quantitative estimate of drug-likeness (QED) is 0.672. The number of fused-ring (bicyclic) bond motifs is 2. The highest BCUT2D eigenvalue weighted by Gasteiger charge is 2.44. The van der Waals surface area contributed by atoms with Gasteiger partial charge in [-0.2, -0.15) is 5.10 Å². The molecule has 1 amide bonds. The van der Waals surface area contributed by atoms with Crippen LogP contribution in [0.4, 0.5) is 4.39 Å². The van der Waals surface area contributed by atoms with Gasteiger partial charge in [0.15, 0.2) is 0 Å². The summed E-state index contributed by atoms with van der Waals surface area (Å²) >= 11 is 0. The van der Waals surface area contributed by atoms with Gasteiger partial charge in [-0.1, -0.05) is 18.2 Å². The number of hydrogen-bond donors (Lipinski definition) is 0. The Kier molecular flexibility index (Phi) is 4.39. The Hall–Kier alpha value is -3.06. The number of ether oxygens (including phenoxy) is 1. The van der Waals surface area contributed by atoms with Crippen LogP contribution in [0, 0.1) is 5.82 Å². The van der Waals surface area contributed by atoms with Crippen molar-refractivity contribution in [1.29, 1.82) is 0 Å². The number of amides is 1. The molecule has 0 atom stereocenters. The van der Waals surface area contributed by atoms with E-state index in [9.17, 15) is 9.18 Å². The van der Waals surface area contributed by atoms with Crippen LogP contribution in [0.5, 0.6) is 0 Å². The molecule has 0 unspecified atom stereocenters. The molecular weight excluding hydrogens is 371 g/mol. The summed E-state index contributed by atoms with van der Waals surface area (Å²) in [5, 5.41) is 4.87. The van der Waals surface area contributed by atoms with Gasteiger partial charge in [0.2, 0.25) is 0 Å². The van der Waals surface area contributed by atoms with E-state index < -0.39 is 11.4 Å². The highest BCUT2D eigenvalue weighted by atomic mass is 19.1. The third-order valence-corrected chi connectivity index (χ3v) is 5.80. The van der Waals surface area contributed by atoms with Crippen molar-refractivity contribution < 1.29 is 13.9 Å². The molecule has 2 aliphatic heterocycles. The average molecular weight is 392 g/mol. The number of carbonyl (C=O) groups is 1. The lowest BCUT2D eigenvalue weighted by Crippen LogP contribution is -2.48. The van der Waals surface area contributed by atoms with Crippen LogP contribution in [0.15, 0.2) is 55.0 Å². The fourth-order valence-electron chi connectivity index (χ4n) is 4.28. The second-order valence-electron chi connectivity index (χ2n) is 7.56. The summed E-state index contributed by atoms with van der Waals surface area (Å²) in [6.07, 6.45) is 6.77. The molecule has 4 heterocycles. The Balaban J connectivity index is 1.38. The Morgan fingerprint density at radius 3 is 2.69 bits per heavy atom. The van der Waals surface area contributed by atoms with E-state index in [4.69, 9.17) is 9.84 Å². The van der Waals surface area contributed by atoms with Gasteiger partial charge in [-0.15, -0.1) is 0 Å². The first-order valence-corrected chi connectivity index (χ1v) is 9.83. The molecule has 6 nitrogen and oxygen atoms in total. The van der Waals surface area contributed by atoms with E-state index in [2.05, 4.69) is 11.2 Å². The summed E-state index contributed by atoms with van der Waals surface area (Å²) in [7, 11) is 0. The Morgan fingerprint density at radius 2 is 1.93 bits per heavy atom. The number of likely N-dealkylation sites (tertiary alicyclic amines) is 1. The first kappa shape index (κ1) is 18.0. The minimum atomic E-state index is -0.504. The summed E-state index contributed by atoms with van der Waals surface area (Å²) in [5.74, 6) is -0.700. The van der Waals surface area contributed by atoms with Gasteiger partial charge in [0.25, 0.3) is 5.91 Å². The number of halogens is 1. The Morgan fingerprint density at radius 1 is 1.14 bits per heavy atom. The summed E-state index contributed by atoms with van der Waals surface area (Å²) in [5.41, 5.74) is 3.01. The van der Waals surface area contributed by atoms with Crippen molar-refractivity contribution in [2.24, 2.45) is 0 Å². The largest absolute Gasteiger partial charge is 0.368 e. The van der Waals surface area contributed by atoms with Gasteiger partial charge in [0.05, 0.1) is 29.7 Å². The van der Waals surface area contributed by atoms with Crippen LogP contribution in [0.25, 0.3) is 5.69 Å². The van der Waals surface area contributed by atoms with Crippen molar-refractivity contribution in [2.45, 2.75) is 24.9 Å². The smallest absolute Gasteiger partial charge is 0.255 e. The van der Waals surface area contributed by atoms with Crippen molar-refractivity contribution in [1.82, 2.24) is 19.7 Å². The molecule has 1 aromatic carbocycles. The predicted octanol–water partition coefficient (Wildman–Crippen LogP) is 3.11. The van der Waals surface area contributed by atoms with E-state index in [1.807, 2.05) is 35.0 Å². The zero-order valence-electron chi connectivity index (χ0n) is 15.9. The van der Waals surface area contributed by atoms with E-state index >= 15 is 0 Å². The second-order valence-corrected chi connectivity index (χ2v) is 7.56. The van der Waals surface area contributed by atoms with E-state index in [0.717, 1.165) is 24.0 Å². The monoisotopic (exact) mass is 392 g/mol. The molecule has 1 spiro atoms. The van der Waals surface area contributed by atoms with Gasteiger partial charge in [0.1, 0.15) is 11.4 Å². The molecule has 0 saturated carbocycles. The molecule has 3 aromatic rings. The fourth-order valence-corrected chi connectivity index (χ4v) is 4.28. The molecule has 2 aromatic heterocycles. The van der Waals surface area contributed by atoms with Crippen molar-refractivity contribution in [3.8, 4) is 5.69 Å². The third-order valence-electron chi connectivity index (χ3n) is 5.80. The highest BCUT2D eigenvalue weighted by Crippen LogP contribution is 2.41. The SMILES string of the molecule is O=C(c1cncc(F)c1)N1CCC2(CC1)OCCc1cn(-c3ccccc3)nc12. The summed E-state index contributed by atoms with van der Waals surface area (Å²) in [6.45, 7) is 1.72. The minimum absolute atomic E-state index is 0.197. The van der Waals surface area contributed by atoms with Crippen molar-refractivity contribution >= 4 is 5.91 Å². The molecule has 1 saturated heterocycles. The van der Waals surface area contributed by atoms with Gasteiger partial charge in [-0.3, -0.25) is 9.78 Å². The number of hydrogen-bond acceptors (Lipinski definition) is 4. The molecule has 0 radical (unpaired) electrons. The third kappa shape index (κ3) is 3.21. The summed E-state index contributed by atoms with van der Waals surface area (Å²) in [4.78, 5) is 18.2. The normalized spacial score (nSPS) is 17.9. The van der Waals surface area contributed by atoms with E-state index in [0.29, 0.717) is 32.5 Å². The van der Waals surface area contributed by atoms with Crippen LogP contribution >= 0.6 is 0 Å². The molecule has 148 valence electrons. The predicted molar refractivity (Wildman–Crippen MR) is 104 cm³/mol. The zero-order chi connectivity index (χ0) is 19.8. The lowest BCUT2D eigenvalue weighted by Gasteiger charge is -2.43. The highest BCUT2D eigenvalue weighted by molar-refractivity contribution is 5.94.